The van der Waals surface area contributed by atoms with Crippen molar-refractivity contribution in [1.82, 2.24) is 10.2 Å². The number of nitrogens with one attached hydrogen (secondary N) is 1. The highest BCUT2D eigenvalue weighted by Gasteiger charge is 2.20. The maximum absolute atomic E-state index is 12.2. The molecule has 1 aromatic rings. The van der Waals surface area contributed by atoms with E-state index in [2.05, 4.69) is 17.3 Å². The molecule has 1 aromatic carbocycles. The molecule has 0 saturated heterocycles. The molecule has 0 aromatic heterocycles. The molecule has 1 fully saturated rings. The van der Waals surface area contributed by atoms with Crippen LogP contribution >= 0.6 is 11.6 Å². The average Bonchev–Trinajstić information content (AvgIpc) is 2.48. The minimum atomic E-state index is 0.00882. The molecule has 0 aliphatic heterocycles. The first-order valence-corrected chi connectivity index (χ1v) is 8.19. The molecule has 1 amide bonds. The van der Waals surface area contributed by atoms with Gasteiger partial charge in [-0.05, 0) is 44.5 Å². The number of carbonyl (C=O) groups is 1. The van der Waals surface area contributed by atoms with Crippen molar-refractivity contribution in [3.63, 3.8) is 0 Å². The number of hydrogen-bond acceptors (Lipinski definition) is 2. The van der Waals surface area contributed by atoms with E-state index in [-0.39, 0.29) is 11.9 Å². The van der Waals surface area contributed by atoms with Gasteiger partial charge in [-0.1, -0.05) is 43.0 Å². The fraction of sp³-hybridized carbons (Fsp3) is 0.588. The summed E-state index contributed by atoms with van der Waals surface area (Å²) in [4.78, 5) is 14.4. The highest BCUT2D eigenvalue weighted by molar-refractivity contribution is 6.30. The van der Waals surface area contributed by atoms with Crippen molar-refractivity contribution in [3.8, 4) is 0 Å². The van der Waals surface area contributed by atoms with Gasteiger partial charge in [-0.3, -0.25) is 9.69 Å². The van der Waals surface area contributed by atoms with E-state index >= 15 is 0 Å². The van der Waals surface area contributed by atoms with E-state index < -0.39 is 0 Å². The number of amides is 1. The Morgan fingerprint density at radius 2 is 1.90 bits per heavy atom. The van der Waals surface area contributed by atoms with E-state index in [1.54, 1.807) is 0 Å². The lowest BCUT2D eigenvalue weighted by Crippen LogP contribution is -2.42. The van der Waals surface area contributed by atoms with Crippen LogP contribution in [0.3, 0.4) is 0 Å². The van der Waals surface area contributed by atoms with Crippen LogP contribution in [0.25, 0.3) is 0 Å². The second kappa shape index (κ2) is 7.81. The zero-order chi connectivity index (χ0) is 15.2. The number of benzene rings is 1. The van der Waals surface area contributed by atoms with Crippen LogP contribution in [0.2, 0.25) is 5.02 Å². The lowest BCUT2D eigenvalue weighted by molar-refractivity contribution is -0.123. The van der Waals surface area contributed by atoms with Crippen molar-refractivity contribution in [2.75, 3.05) is 13.6 Å². The molecule has 1 aliphatic rings. The van der Waals surface area contributed by atoms with Crippen LogP contribution in [0.4, 0.5) is 0 Å². The van der Waals surface area contributed by atoms with Gasteiger partial charge in [0.25, 0.3) is 0 Å². The third-order valence-corrected chi connectivity index (χ3v) is 4.59. The number of carbonyl (C=O) groups excluding carboxylic acids is 1. The van der Waals surface area contributed by atoms with Crippen LogP contribution in [-0.2, 0) is 4.79 Å². The van der Waals surface area contributed by atoms with Crippen LogP contribution < -0.4 is 5.32 Å². The lowest BCUT2D eigenvalue weighted by Gasteiger charge is -2.31. The Morgan fingerprint density at radius 1 is 1.29 bits per heavy atom. The quantitative estimate of drug-likeness (QED) is 0.897. The van der Waals surface area contributed by atoms with E-state index in [0.717, 1.165) is 5.56 Å². The first-order chi connectivity index (χ1) is 10.1. The van der Waals surface area contributed by atoms with Gasteiger partial charge in [0.2, 0.25) is 5.91 Å². The Morgan fingerprint density at radius 3 is 2.52 bits per heavy atom. The van der Waals surface area contributed by atoms with Crippen LogP contribution in [0.5, 0.6) is 0 Å². The molecular weight excluding hydrogens is 284 g/mol. The van der Waals surface area contributed by atoms with Gasteiger partial charge in [-0.25, -0.2) is 0 Å². The van der Waals surface area contributed by atoms with Crippen molar-refractivity contribution < 1.29 is 4.79 Å². The maximum atomic E-state index is 12.2. The summed E-state index contributed by atoms with van der Waals surface area (Å²) in [5.41, 5.74) is 1.08. The highest BCUT2D eigenvalue weighted by Crippen LogP contribution is 2.21. The van der Waals surface area contributed by atoms with Gasteiger partial charge in [0.05, 0.1) is 12.6 Å². The Labute approximate surface area is 132 Å². The van der Waals surface area contributed by atoms with Crippen molar-refractivity contribution >= 4 is 17.5 Å². The van der Waals surface area contributed by atoms with Crippen LogP contribution in [0.15, 0.2) is 24.3 Å². The second-order valence-electron chi connectivity index (χ2n) is 6.05. The van der Waals surface area contributed by atoms with Gasteiger partial charge in [-0.15, -0.1) is 0 Å². The normalized spacial score (nSPS) is 17.7. The molecule has 0 heterocycles. The van der Waals surface area contributed by atoms with Crippen LogP contribution in [-0.4, -0.2) is 30.4 Å². The van der Waals surface area contributed by atoms with E-state index in [0.29, 0.717) is 17.6 Å². The summed E-state index contributed by atoms with van der Waals surface area (Å²) >= 11 is 5.88. The van der Waals surface area contributed by atoms with Crippen molar-refractivity contribution in [2.45, 2.75) is 51.1 Å². The molecule has 0 radical (unpaired) electrons. The molecule has 2 rings (SSSR count). The number of nitrogens with zero attached hydrogens (tertiary/aromatic N) is 1. The molecule has 116 valence electrons. The average molecular weight is 309 g/mol. The minimum absolute atomic E-state index is 0.00882. The Balaban J connectivity index is 1.81. The van der Waals surface area contributed by atoms with E-state index in [9.17, 15) is 4.79 Å². The van der Waals surface area contributed by atoms with Crippen molar-refractivity contribution in [2.24, 2.45) is 0 Å². The zero-order valence-electron chi connectivity index (χ0n) is 12.9. The fourth-order valence-corrected chi connectivity index (χ4v) is 3.13. The molecule has 1 N–H and O–H groups in total. The summed E-state index contributed by atoms with van der Waals surface area (Å²) < 4.78 is 0. The molecule has 1 unspecified atom stereocenters. The zero-order valence-corrected chi connectivity index (χ0v) is 13.7. The minimum Gasteiger partial charge on any atom is -0.348 e. The monoisotopic (exact) mass is 308 g/mol. The summed E-state index contributed by atoms with van der Waals surface area (Å²) in [5.74, 6) is 0.0884. The second-order valence-corrected chi connectivity index (χ2v) is 6.48. The van der Waals surface area contributed by atoms with E-state index in [4.69, 9.17) is 11.6 Å². The highest BCUT2D eigenvalue weighted by atomic mass is 35.5. The van der Waals surface area contributed by atoms with Crippen molar-refractivity contribution in [3.05, 3.63) is 34.9 Å². The maximum Gasteiger partial charge on any atom is 0.234 e. The Hall–Kier alpha value is -1.06. The summed E-state index contributed by atoms with van der Waals surface area (Å²) in [7, 11) is 2.06. The first-order valence-electron chi connectivity index (χ1n) is 7.81. The predicted molar refractivity (Wildman–Crippen MR) is 87.5 cm³/mol. The molecule has 0 spiro atoms. The SMILES string of the molecule is CC(NC(=O)CN(C)C1CCCCC1)c1ccc(Cl)cc1. The number of hydrogen-bond donors (Lipinski definition) is 1. The van der Waals surface area contributed by atoms with Gasteiger partial charge in [0, 0.05) is 11.1 Å². The molecule has 1 aliphatic carbocycles. The summed E-state index contributed by atoms with van der Waals surface area (Å²) in [6, 6.07) is 8.20. The number of rotatable bonds is 5. The third kappa shape index (κ3) is 5.01. The first kappa shape index (κ1) is 16.3. The summed E-state index contributed by atoms with van der Waals surface area (Å²) in [6.45, 7) is 2.48. The standard InChI is InChI=1S/C17H25ClN2O/c1-13(14-8-10-15(18)11-9-14)19-17(21)12-20(2)16-6-4-3-5-7-16/h8-11,13,16H,3-7,12H2,1-2H3,(H,19,21). The van der Waals surface area contributed by atoms with Gasteiger partial charge < -0.3 is 5.32 Å². The molecule has 1 saturated carbocycles. The molecule has 1 atom stereocenters. The largest absolute Gasteiger partial charge is 0.348 e. The smallest absolute Gasteiger partial charge is 0.234 e. The molecule has 3 nitrogen and oxygen atoms in total. The predicted octanol–water partition coefficient (Wildman–Crippen LogP) is 3.78. The topological polar surface area (TPSA) is 32.3 Å². The number of halogens is 1. The molecule has 0 bridgehead atoms. The summed E-state index contributed by atoms with van der Waals surface area (Å²) in [6.07, 6.45) is 6.35. The Bertz CT molecular complexity index is 454. The van der Waals surface area contributed by atoms with E-state index in [1.165, 1.54) is 32.1 Å². The van der Waals surface area contributed by atoms with E-state index in [1.807, 2.05) is 31.2 Å². The lowest BCUT2D eigenvalue weighted by atomic mass is 9.94. The third-order valence-electron chi connectivity index (χ3n) is 4.34. The van der Waals surface area contributed by atoms with Crippen molar-refractivity contribution in [1.29, 1.82) is 0 Å². The van der Waals surface area contributed by atoms with Crippen LogP contribution in [0, 0.1) is 0 Å². The molecule has 4 heteroatoms. The molecule has 21 heavy (non-hydrogen) atoms. The van der Waals surface area contributed by atoms with Gasteiger partial charge in [-0.2, -0.15) is 0 Å². The number of likely N-dealkylation sites (N-methyl/N-ethyl adjacent to an activating group) is 1. The summed E-state index contributed by atoms with van der Waals surface area (Å²) in [5, 5.41) is 3.78. The van der Waals surface area contributed by atoms with Gasteiger partial charge in [0.15, 0.2) is 0 Å². The Kier molecular flexibility index (Phi) is 6.07. The molecular formula is C17H25ClN2O. The van der Waals surface area contributed by atoms with Gasteiger partial charge in [0.1, 0.15) is 0 Å². The van der Waals surface area contributed by atoms with Gasteiger partial charge >= 0.3 is 0 Å². The fourth-order valence-electron chi connectivity index (χ4n) is 3.00. The van der Waals surface area contributed by atoms with Crippen LogP contribution in [0.1, 0.15) is 50.6 Å².